The zero-order valence-corrected chi connectivity index (χ0v) is 14.2. The SMILES string of the molecule is Cc1ccc(C(N)=S)cc1NC(=O)c1cc(C)c(Br)s1. The number of benzene rings is 1. The number of hydrogen-bond acceptors (Lipinski definition) is 3. The first-order valence-corrected chi connectivity index (χ1v) is 7.88. The van der Waals surface area contributed by atoms with Gasteiger partial charge in [-0.3, -0.25) is 4.79 Å². The van der Waals surface area contributed by atoms with Gasteiger partial charge in [0.1, 0.15) is 4.99 Å². The molecule has 0 atom stereocenters. The number of nitrogens with two attached hydrogens (primary N) is 1. The first-order valence-electron chi connectivity index (χ1n) is 5.86. The molecule has 0 unspecified atom stereocenters. The third-order valence-corrected chi connectivity index (χ3v) is 5.22. The standard InChI is InChI=1S/C14H13BrN2OS2/c1-7-3-4-9(13(16)19)6-10(7)17-14(18)11-5-8(2)12(15)20-11/h3-6H,1-2H3,(H2,16,19)(H,17,18). The second-order valence-corrected chi connectivity index (χ2v) is 7.23. The summed E-state index contributed by atoms with van der Waals surface area (Å²) in [5.74, 6) is -0.132. The minimum atomic E-state index is -0.132. The summed E-state index contributed by atoms with van der Waals surface area (Å²) in [6, 6.07) is 7.39. The summed E-state index contributed by atoms with van der Waals surface area (Å²) in [5, 5.41) is 2.90. The number of aryl methyl sites for hydroxylation is 2. The van der Waals surface area contributed by atoms with Crippen molar-refractivity contribution >= 4 is 56.1 Å². The Hall–Kier alpha value is -1.24. The normalized spacial score (nSPS) is 10.3. The second-order valence-electron chi connectivity index (χ2n) is 4.42. The van der Waals surface area contributed by atoms with E-state index in [9.17, 15) is 4.79 Å². The second kappa shape index (κ2) is 6.03. The molecule has 1 aromatic heterocycles. The largest absolute Gasteiger partial charge is 0.389 e. The van der Waals surface area contributed by atoms with Crippen LogP contribution in [0.2, 0.25) is 0 Å². The molecule has 0 spiro atoms. The van der Waals surface area contributed by atoms with Crippen molar-refractivity contribution in [3.8, 4) is 0 Å². The summed E-state index contributed by atoms with van der Waals surface area (Å²) in [7, 11) is 0. The first kappa shape index (κ1) is 15.2. The summed E-state index contributed by atoms with van der Waals surface area (Å²) < 4.78 is 0.969. The molecule has 2 rings (SSSR count). The van der Waals surface area contributed by atoms with E-state index in [0.717, 1.165) is 26.2 Å². The van der Waals surface area contributed by atoms with Crippen molar-refractivity contribution in [2.45, 2.75) is 13.8 Å². The fraction of sp³-hybridized carbons (Fsp3) is 0.143. The molecule has 0 aliphatic heterocycles. The molecule has 2 aromatic rings. The van der Waals surface area contributed by atoms with Crippen molar-refractivity contribution in [2.24, 2.45) is 5.73 Å². The highest BCUT2D eigenvalue weighted by molar-refractivity contribution is 9.11. The first-order chi connectivity index (χ1) is 9.38. The fourth-order valence-electron chi connectivity index (χ4n) is 1.67. The number of nitrogens with one attached hydrogen (secondary N) is 1. The van der Waals surface area contributed by atoms with E-state index in [-0.39, 0.29) is 5.91 Å². The third kappa shape index (κ3) is 3.26. The predicted molar refractivity (Wildman–Crippen MR) is 91.8 cm³/mol. The molecule has 0 aliphatic rings. The van der Waals surface area contributed by atoms with Crippen LogP contribution in [0.15, 0.2) is 28.1 Å². The Labute approximate surface area is 135 Å². The van der Waals surface area contributed by atoms with Crippen LogP contribution >= 0.6 is 39.5 Å². The van der Waals surface area contributed by atoms with Gasteiger partial charge in [0.2, 0.25) is 0 Å². The van der Waals surface area contributed by atoms with Gasteiger partial charge < -0.3 is 11.1 Å². The summed E-state index contributed by atoms with van der Waals surface area (Å²) in [6.45, 7) is 3.88. The lowest BCUT2D eigenvalue weighted by atomic mass is 10.1. The highest BCUT2D eigenvalue weighted by atomic mass is 79.9. The molecule has 3 nitrogen and oxygen atoms in total. The van der Waals surface area contributed by atoms with E-state index in [2.05, 4.69) is 21.2 Å². The van der Waals surface area contributed by atoms with Crippen molar-refractivity contribution in [1.29, 1.82) is 0 Å². The molecule has 20 heavy (non-hydrogen) atoms. The van der Waals surface area contributed by atoms with Crippen LogP contribution in [-0.4, -0.2) is 10.9 Å². The summed E-state index contributed by atoms with van der Waals surface area (Å²) >= 11 is 9.79. The Morgan fingerprint density at radius 2 is 2.00 bits per heavy atom. The number of halogens is 1. The number of thiophene rings is 1. The van der Waals surface area contributed by atoms with Crippen LogP contribution in [-0.2, 0) is 0 Å². The Morgan fingerprint density at radius 3 is 2.55 bits per heavy atom. The van der Waals surface area contributed by atoms with Gasteiger partial charge in [0.25, 0.3) is 5.91 Å². The Bertz CT molecular complexity index is 675. The van der Waals surface area contributed by atoms with Gasteiger partial charge in [-0.2, -0.15) is 0 Å². The lowest BCUT2D eigenvalue weighted by Gasteiger charge is -2.09. The lowest BCUT2D eigenvalue weighted by Crippen LogP contribution is -2.14. The minimum absolute atomic E-state index is 0.132. The minimum Gasteiger partial charge on any atom is -0.389 e. The number of rotatable bonds is 3. The molecule has 104 valence electrons. The van der Waals surface area contributed by atoms with Crippen molar-refractivity contribution < 1.29 is 4.79 Å². The van der Waals surface area contributed by atoms with Crippen LogP contribution in [0.3, 0.4) is 0 Å². The van der Waals surface area contributed by atoms with Gasteiger partial charge in [-0.25, -0.2) is 0 Å². The zero-order chi connectivity index (χ0) is 14.9. The molecular formula is C14H13BrN2OS2. The van der Waals surface area contributed by atoms with Crippen LogP contribution in [0.25, 0.3) is 0 Å². The number of hydrogen-bond donors (Lipinski definition) is 2. The van der Waals surface area contributed by atoms with Gasteiger partial charge in [-0.05, 0) is 53.0 Å². The number of amides is 1. The van der Waals surface area contributed by atoms with Crippen molar-refractivity contribution in [1.82, 2.24) is 0 Å². The van der Waals surface area contributed by atoms with Gasteiger partial charge in [0.05, 0.1) is 8.66 Å². The molecule has 6 heteroatoms. The number of anilines is 1. The maximum Gasteiger partial charge on any atom is 0.265 e. The maximum absolute atomic E-state index is 12.2. The number of carbonyl (C=O) groups is 1. The molecular weight excluding hydrogens is 356 g/mol. The van der Waals surface area contributed by atoms with Crippen LogP contribution in [0.1, 0.15) is 26.4 Å². The summed E-state index contributed by atoms with van der Waals surface area (Å²) in [5.41, 5.74) is 9.09. The molecule has 0 bridgehead atoms. The van der Waals surface area contributed by atoms with E-state index in [1.165, 1.54) is 11.3 Å². The van der Waals surface area contributed by atoms with Crippen LogP contribution in [0.5, 0.6) is 0 Å². The van der Waals surface area contributed by atoms with Gasteiger partial charge in [-0.1, -0.05) is 24.4 Å². The third-order valence-electron chi connectivity index (χ3n) is 2.85. The fourth-order valence-corrected chi connectivity index (χ4v) is 3.22. The average molecular weight is 369 g/mol. The van der Waals surface area contributed by atoms with E-state index in [0.29, 0.717) is 9.87 Å². The lowest BCUT2D eigenvalue weighted by molar-refractivity contribution is 0.103. The van der Waals surface area contributed by atoms with Gasteiger partial charge >= 0.3 is 0 Å². The molecule has 1 aromatic carbocycles. The quantitative estimate of drug-likeness (QED) is 0.804. The molecule has 1 amide bonds. The molecule has 0 aliphatic carbocycles. The Morgan fingerprint density at radius 1 is 1.30 bits per heavy atom. The molecule has 3 N–H and O–H groups in total. The van der Waals surface area contributed by atoms with E-state index in [4.69, 9.17) is 18.0 Å². The van der Waals surface area contributed by atoms with Crippen LogP contribution < -0.4 is 11.1 Å². The van der Waals surface area contributed by atoms with E-state index >= 15 is 0 Å². The van der Waals surface area contributed by atoms with Gasteiger partial charge in [-0.15, -0.1) is 11.3 Å². The van der Waals surface area contributed by atoms with E-state index in [1.54, 1.807) is 6.07 Å². The molecule has 0 radical (unpaired) electrons. The van der Waals surface area contributed by atoms with Gasteiger partial charge in [0, 0.05) is 11.3 Å². The molecule has 1 heterocycles. The topological polar surface area (TPSA) is 55.1 Å². The molecule has 0 saturated carbocycles. The van der Waals surface area contributed by atoms with Crippen LogP contribution in [0, 0.1) is 13.8 Å². The average Bonchev–Trinajstić information content (AvgIpc) is 2.72. The van der Waals surface area contributed by atoms with E-state index < -0.39 is 0 Å². The highest BCUT2D eigenvalue weighted by Gasteiger charge is 2.13. The summed E-state index contributed by atoms with van der Waals surface area (Å²) in [4.78, 5) is 13.2. The Balaban J connectivity index is 2.27. The zero-order valence-electron chi connectivity index (χ0n) is 11.0. The van der Waals surface area contributed by atoms with Crippen LogP contribution in [0.4, 0.5) is 5.69 Å². The van der Waals surface area contributed by atoms with Crippen molar-refractivity contribution in [2.75, 3.05) is 5.32 Å². The maximum atomic E-state index is 12.2. The molecule has 0 fully saturated rings. The smallest absolute Gasteiger partial charge is 0.265 e. The van der Waals surface area contributed by atoms with Gasteiger partial charge in [0.15, 0.2) is 0 Å². The summed E-state index contributed by atoms with van der Waals surface area (Å²) in [6.07, 6.45) is 0. The van der Waals surface area contributed by atoms with Crippen molar-refractivity contribution in [3.63, 3.8) is 0 Å². The number of carbonyl (C=O) groups excluding carboxylic acids is 1. The predicted octanol–water partition coefficient (Wildman–Crippen LogP) is 4.01. The highest BCUT2D eigenvalue weighted by Crippen LogP contribution is 2.28. The Kier molecular flexibility index (Phi) is 4.57. The van der Waals surface area contributed by atoms with Crippen molar-refractivity contribution in [3.05, 3.63) is 49.6 Å². The molecule has 0 saturated heterocycles. The monoisotopic (exact) mass is 368 g/mol. The number of thiocarbonyl (C=S) groups is 1. The van der Waals surface area contributed by atoms with E-state index in [1.807, 2.05) is 32.0 Å².